The van der Waals surface area contributed by atoms with Gasteiger partial charge < -0.3 is 10.6 Å². The van der Waals surface area contributed by atoms with Crippen molar-refractivity contribution >= 4 is 5.91 Å². The van der Waals surface area contributed by atoms with Crippen LogP contribution in [0.3, 0.4) is 0 Å². The molecule has 1 rings (SSSR count). The van der Waals surface area contributed by atoms with Gasteiger partial charge in [-0.25, -0.2) is 0 Å². The van der Waals surface area contributed by atoms with Crippen LogP contribution in [0.4, 0.5) is 0 Å². The summed E-state index contributed by atoms with van der Waals surface area (Å²) in [6, 6.07) is 0. The third kappa shape index (κ3) is 2.59. The van der Waals surface area contributed by atoms with Gasteiger partial charge in [-0.15, -0.1) is 0 Å². The van der Waals surface area contributed by atoms with Crippen LogP contribution in [0, 0.1) is 5.92 Å². The molecular weight excluding hydrogens is 188 g/mol. The smallest absolute Gasteiger partial charge is 0.247 e. The average molecular weight is 210 g/mol. The summed E-state index contributed by atoms with van der Waals surface area (Å²) in [5.74, 6) is 0.581. The van der Waals surface area contributed by atoms with Crippen molar-refractivity contribution in [2.75, 3.05) is 13.1 Å². The first-order valence-electron chi connectivity index (χ1n) is 5.60. The summed E-state index contributed by atoms with van der Waals surface area (Å²) in [5, 5.41) is 0. The highest BCUT2D eigenvalue weighted by atomic mass is 16.2. The molecule has 1 amide bonds. The normalized spacial score (nSPS) is 18.4. The zero-order valence-electron chi connectivity index (χ0n) is 10.2. The number of amides is 1. The predicted octanol–water partition coefficient (Wildman–Crippen LogP) is 1.54. The van der Waals surface area contributed by atoms with E-state index in [0.717, 1.165) is 13.0 Å². The highest BCUT2D eigenvalue weighted by Crippen LogP contribution is 2.24. The first-order valence-corrected chi connectivity index (χ1v) is 5.60. The van der Waals surface area contributed by atoms with Gasteiger partial charge in [-0.1, -0.05) is 19.4 Å². The molecule has 0 unspecified atom stereocenters. The van der Waals surface area contributed by atoms with E-state index in [1.165, 1.54) is 5.57 Å². The largest absolute Gasteiger partial charge is 0.332 e. The Kier molecular flexibility index (Phi) is 3.55. The van der Waals surface area contributed by atoms with Crippen LogP contribution in [0.25, 0.3) is 0 Å². The molecule has 0 aliphatic carbocycles. The highest BCUT2D eigenvalue weighted by molar-refractivity contribution is 5.90. The molecule has 3 heteroatoms. The fourth-order valence-electron chi connectivity index (χ4n) is 1.83. The fraction of sp³-hybridized carbons (Fsp3) is 0.750. The maximum Gasteiger partial charge on any atom is 0.247 e. The maximum atomic E-state index is 11.9. The second-order valence-electron chi connectivity index (χ2n) is 5.13. The van der Waals surface area contributed by atoms with Crippen LogP contribution in [0.1, 0.15) is 34.1 Å². The van der Waals surface area contributed by atoms with Gasteiger partial charge in [0.1, 0.15) is 0 Å². The van der Waals surface area contributed by atoms with Crippen LogP contribution < -0.4 is 5.73 Å². The molecule has 0 atom stereocenters. The average Bonchev–Trinajstić information content (AvgIpc) is 2.17. The van der Waals surface area contributed by atoms with Crippen LogP contribution in [0.15, 0.2) is 11.6 Å². The van der Waals surface area contributed by atoms with Crippen molar-refractivity contribution in [1.82, 2.24) is 4.90 Å². The second-order valence-corrected chi connectivity index (χ2v) is 5.13. The minimum absolute atomic E-state index is 0.111. The molecular formula is C12H22N2O. The molecule has 0 saturated carbocycles. The van der Waals surface area contributed by atoms with Crippen molar-refractivity contribution in [3.05, 3.63) is 11.6 Å². The molecule has 15 heavy (non-hydrogen) atoms. The summed E-state index contributed by atoms with van der Waals surface area (Å²) in [6.07, 6.45) is 2.76. The van der Waals surface area contributed by atoms with E-state index in [4.69, 9.17) is 5.73 Å². The van der Waals surface area contributed by atoms with Gasteiger partial charge in [-0.05, 0) is 26.2 Å². The molecule has 0 radical (unpaired) electrons. The number of carbonyl (C=O) groups excluding carboxylic acids is 1. The Hall–Kier alpha value is -0.830. The topological polar surface area (TPSA) is 46.3 Å². The van der Waals surface area contributed by atoms with Crippen LogP contribution in [0.5, 0.6) is 0 Å². The molecule has 1 aliphatic heterocycles. The maximum absolute atomic E-state index is 11.9. The lowest BCUT2D eigenvalue weighted by Crippen LogP contribution is -2.53. The van der Waals surface area contributed by atoms with Gasteiger partial charge in [0.15, 0.2) is 0 Å². The summed E-state index contributed by atoms with van der Waals surface area (Å²) in [5.41, 5.74) is 6.71. The number of hydrogen-bond acceptors (Lipinski definition) is 2. The zero-order chi connectivity index (χ0) is 11.6. The van der Waals surface area contributed by atoms with Gasteiger partial charge >= 0.3 is 0 Å². The predicted molar refractivity (Wildman–Crippen MR) is 62.4 cm³/mol. The molecule has 1 heterocycles. The fourth-order valence-corrected chi connectivity index (χ4v) is 1.83. The van der Waals surface area contributed by atoms with Crippen molar-refractivity contribution in [2.24, 2.45) is 11.7 Å². The SMILES string of the molecule is CC(C)C1=CC(=O)N(C(C)(C)CN)CC1. The summed E-state index contributed by atoms with van der Waals surface area (Å²) < 4.78 is 0. The van der Waals surface area contributed by atoms with Gasteiger partial charge in [0, 0.05) is 24.7 Å². The van der Waals surface area contributed by atoms with E-state index in [9.17, 15) is 4.79 Å². The third-order valence-electron chi connectivity index (χ3n) is 3.17. The van der Waals surface area contributed by atoms with Crippen molar-refractivity contribution in [2.45, 2.75) is 39.7 Å². The van der Waals surface area contributed by atoms with E-state index in [-0.39, 0.29) is 11.4 Å². The van der Waals surface area contributed by atoms with E-state index < -0.39 is 0 Å². The van der Waals surface area contributed by atoms with E-state index in [1.807, 2.05) is 18.7 Å². The Morgan fingerprint density at radius 3 is 2.53 bits per heavy atom. The number of rotatable bonds is 3. The van der Waals surface area contributed by atoms with E-state index in [0.29, 0.717) is 12.5 Å². The number of nitrogens with zero attached hydrogens (tertiary/aromatic N) is 1. The lowest BCUT2D eigenvalue weighted by atomic mass is 9.93. The van der Waals surface area contributed by atoms with Gasteiger partial charge in [0.25, 0.3) is 0 Å². The summed E-state index contributed by atoms with van der Waals surface area (Å²) in [7, 11) is 0. The minimum Gasteiger partial charge on any atom is -0.332 e. The number of hydrogen-bond donors (Lipinski definition) is 1. The third-order valence-corrected chi connectivity index (χ3v) is 3.17. The Balaban J connectivity index is 2.82. The standard InChI is InChI=1S/C12H22N2O/c1-9(2)10-5-6-14(11(15)7-10)12(3,4)8-13/h7,9H,5-6,8,13H2,1-4H3. The van der Waals surface area contributed by atoms with Crippen LogP contribution in [-0.2, 0) is 4.79 Å². The highest BCUT2D eigenvalue weighted by Gasteiger charge is 2.31. The van der Waals surface area contributed by atoms with Gasteiger partial charge in [-0.2, -0.15) is 0 Å². The van der Waals surface area contributed by atoms with Crippen molar-refractivity contribution in [3.63, 3.8) is 0 Å². The van der Waals surface area contributed by atoms with Crippen molar-refractivity contribution in [1.29, 1.82) is 0 Å². The molecule has 2 N–H and O–H groups in total. The molecule has 0 fully saturated rings. The number of carbonyl (C=O) groups is 1. The van der Waals surface area contributed by atoms with E-state index >= 15 is 0 Å². The molecule has 1 aliphatic rings. The van der Waals surface area contributed by atoms with E-state index in [1.54, 1.807) is 6.08 Å². The van der Waals surface area contributed by atoms with Gasteiger partial charge in [-0.3, -0.25) is 4.79 Å². The molecule has 0 aromatic carbocycles. The first kappa shape index (κ1) is 12.2. The van der Waals surface area contributed by atoms with Crippen molar-refractivity contribution in [3.8, 4) is 0 Å². The minimum atomic E-state index is -0.226. The van der Waals surface area contributed by atoms with Gasteiger partial charge in [0.2, 0.25) is 5.91 Å². The lowest BCUT2D eigenvalue weighted by Gasteiger charge is -2.40. The number of nitrogens with two attached hydrogens (primary N) is 1. The summed E-state index contributed by atoms with van der Waals surface area (Å²) in [4.78, 5) is 13.8. The van der Waals surface area contributed by atoms with Crippen LogP contribution in [0.2, 0.25) is 0 Å². The van der Waals surface area contributed by atoms with Gasteiger partial charge in [0.05, 0.1) is 0 Å². The Bertz CT molecular complexity index is 279. The zero-order valence-corrected chi connectivity index (χ0v) is 10.2. The Labute approximate surface area is 92.3 Å². The first-order chi connectivity index (χ1) is 6.88. The van der Waals surface area contributed by atoms with Crippen molar-refractivity contribution < 1.29 is 4.79 Å². The Morgan fingerprint density at radius 2 is 2.13 bits per heavy atom. The molecule has 0 spiro atoms. The van der Waals surface area contributed by atoms with Crippen LogP contribution >= 0.6 is 0 Å². The van der Waals surface area contributed by atoms with E-state index in [2.05, 4.69) is 13.8 Å². The Morgan fingerprint density at radius 1 is 1.53 bits per heavy atom. The molecule has 0 bridgehead atoms. The van der Waals surface area contributed by atoms with Crippen LogP contribution in [-0.4, -0.2) is 29.4 Å². The molecule has 86 valence electrons. The quantitative estimate of drug-likeness (QED) is 0.768. The second kappa shape index (κ2) is 4.35. The summed E-state index contributed by atoms with van der Waals surface area (Å²) >= 11 is 0. The monoisotopic (exact) mass is 210 g/mol. The molecule has 0 aromatic rings. The molecule has 0 saturated heterocycles. The molecule has 3 nitrogen and oxygen atoms in total. The molecule has 0 aromatic heterocycles. The summed E-state index contributed by atoms with van der Waals surface area (Å²) in [6.45, 7) is 9.58. The lowest BCUT2D eigenvalue weighted by molar-refractivity contribution is -0.131.